The van der Waals surface area contributed by atoms with Gasteiger partial charge in [-0.25, -0.2) is 9.97 Å². The second-order valence-corrected chi connectivity index (χ2v) is 4.24. The Labute approximate surface area is 117 Å². The van der Waals surface area contributed by atoms with Crippen molar-refractivity contribution in [2.75, 3.05) is 11.9 Å². The van der Waals surface area contributed by atoms with Gasteiger partial charge in [-0.2, -0.15) is 10.5 Å². The summed E-state index contributed by atoms with van der Waals surface area (Å²) in [4.78, 5) is 8.47. The van der Waals surface area contributed by atoms with Gasteiger partial charge in [0.25, 0.3) is 0 Å². The predicted molar refractivity (Wildman–Crippen MR) is 75.8 cm³/mol. The molecule has 0 saturated heterocycles. The maximum Gasteiger partial charge on any atom is 0.179 e. The lowest BCUT2D eigenvalue weighted by molar-refractivity contribution is 1.09. The van der Waals surface area contributed by atoms with Crippen LogP contribution in [0.3, 0.4) is 0 Å². The maximum atomic E-state index is 9.06. The topological polar surface area (TPSA) is 85.4 Å². The van der Waals surface area contributed by atoms with Crippen molar-refractivity contribution < 1.29 is 0 Å². The van der Waals surface area contributed by atoms with Gasteiger partial charge in [0.2, 0.25) is 0 Å². The van der Waals surface area contributed by atoms with Crippen molar-refractivity contribution in [3.63, 3.8) is 0 Å². The highest BCUT2D eigenvalue weighted by atomic mass is 15.0. The third kappa shape index (κ3) is 2.57. The van der Waals surface area contributed by atoms with Crippen LogP contribution in [0.25, 0.3) is 11.3 Å². The highest BCUT2D eigenvalue weighted by molar-refractivity contribution is 5.72. The Balaban J connectivity index is 2.64. The van der Waals surface area contributed by atoms with E-state index in [1.165, 1.54) is 0 Å². The van der Waals surface area contributed by atoms with Crippen LogP contribution < -0.4 is 5.32 Å². The first kappa shape index (κ1) is 13.5. The molecule has 0 amide bonds. The molecule has 1 heterocycles. The summed E-state index contributed by atoms with van der Waals surface area (Å²) >= 11 is 0. The van der Waals surface area contributed by atoms with E-state index in [0.29, 0.717) is 18.1 Å². The number of hydrogen-bond acceptors (Lipinski definition) is 5. The van der Waals surface area contributed by atoms with Gasteiger partial charge in [-0.15, -0.1) is 0 Å². The van der Waals surface area contributed by atoms with Gasteiger partial charge < -0.3 is 5.32 Å². The number of benzene rings is 1. The number of aromatic nitrogens is 2. The molecule has 0 radical (unpaired) electrons. The summed E-state index contributed by atoms with van der Waals surface area (Å²) in [7, 11) is 0. The number of nitriles is 2. The van der Waals surface area contributed by atoms with Crippen LogP contribution in [0.5, 0.6) is 0 Å². The minimum Gasteiger partial charge on any atom is -0.368 e. The Morgan fingerprint density at radius 3 is 2.20 bits per heavy atom. The third-order valence-electron chi connectivity index (χ3n) is 2.78. The molecule has 0 spiro atoms. The molecule has 0 unspecified atom stereocenters. The second kappa shape index (κ2) is 5.81. The van der Waals surface area contributed by atoms with E-state index >= 15 is 0 Å². The highest BCUT2D eigenvalue weighted by Gasteiger charge is 2.14. The van der Waals surface area contributed by atoms with Gasteiger partial charge in [0, 0.05) is 12.1 Å². The highest BCUT2D eigenvalue weighted by Crippen LogP contribution is 2.25. The Hall–Kier alpha value is -2.92. The first-order chi connectivity index (χ1) is 9.69. The first-order valence-corrected chi connectivity index (χ1v) is 6.22. The van der Waals surface area contributed by atoms with Crippen molar-refractivity contribution in [2.24, 2.45) is 0 Å². The zero-order valence-corrected chi connectivity index (χ0v) is 11.3. The predicted octanol–water partition coefficient (Wildman–Crippen LogP) is 2.63. The van der Waals surface area contributed by atoms with Crippen molar-refractivity contribution in [3.8, 4) is 23.4 Å². The minimum atomic E-state index is 0.0410. The summed E-state index contributed by atoms with van der Waals surface area (Å²) in [6, 6.07) is 11.6. The molecule has 5 nitrogen and oxygen atoms in total. The Morgan fingerprint density at radius 2 is 1.65 bits per heavy atom. The minimum absolute atomic E-state index is 0.0410. The number of nitrogens with zero attached hydrogens (tertiary/aromatic N) is 4. The molecule has 1 N–H and O–H groups in total. The maximum absolute atomic E-state index is 9.06. The van der Waals surface area contributed by atoms with Gasteiger partial charge in [0.05, 0.1) is 0 Å². The van der Waals surface area contributed by atoms with Gasteiger partial charge in [-0.05, 0) is 13.8 Å². The summed E-state index contributed by atoms with van der Waals surface area (Å²) in [5.74, 6) is 0.520. The fourth-order valence-corrected chi connectivity index (χ4v) is 1.79. The van der Waals surface area contributed by atoms with Crippen LogP contribution in [0.2, 0.25) is 0 Å². The molecule has 5 heteroatoms. The third-order valence-corrected chi connectivity index (χ3v) is 2.78. The molecule has 0 fully saturated rings. The van der Waals surface area contributed by atoms with E-state index in [0.717, 1.165) is 11.1 Å². The Morgan fingerprint density at radius 1 is 1.05 bits per heavy atom. The molecule has 2 aromatic rings. The smallest absolute Gasteiger partial charge is 0.179 e. The fourth-order valence-electron chi connectivity index (χ4n) is 1.79. The van der Waals surface area contributed by atoms with Crippen molar-refractivity contribution in [2.45, 2.75) is 13.8 Å². The Bertz CT molecular complexity index is 705. The molecule has 2 rings (SSSR count). The molecular formula is C15H13N5. The molecule has 0 bridgehead atoms. The zero-order chi connectivity index (χ0) is 14.5. The first-order valence-electron chi connectivity index (χ1n) is 6.22. The number of rotatable bonds is 3. The number of anilines is 1. The zero-order valence-electron chi connectivity index (χ0n) is 11.3. The molecule has 98 valence electrons. The van der Waals surface area contributed by atoms with Crippen LogP contribution in [0.4, 0.5) is 5.82 Å². The molecule has 1 aromatic carbocycles. The van der Waals surface area contributed by atoms with Gasteiger partial charge in [-0.1, -0.05) is 29.8 Å². The van der Waals surface area contributed by atoms with Gasteiger partial charge >= 0.3 is 0 Å². The van der Waals surface area contributed by atoms with Crippen molar-refractivity contribution in [3.05, 3.63) is 41.2 Å². The number of nitrogens with one attached hydrogen (secondary N) is 1. The monoisotopic (exact) mass is 263 g/mol. The summed E-state index contributed by atoms with van der Waals surface area (Å²) < 4.78 is 0. The summed E-state index contributed by atoms with van der Waals surface area (Å²) in [6.45, 7) is 4.59. The van der Waals surface area contributed by atoms with Crippen molar-refractivity contribution in [1.29, 1.82) is 10.5 Å². The van der Waals surface area contributed by atoms with Gasteiger partial charge in [0.1, 0.15) is 17.8 Å². The molecule has 0 aliphatic heterocycles. The molecule has 0 atom stereocenters. The fraction of sp³-hybridized carbons (Fsp3) is 0.200. The normalized spacial score (nSPS) is 9.60. The molecule has 1 aromatic heterocycles. The Kier molecular flexibility index (Phi) is 3.93. The molecular weight excluding hydrogens is 250 g/mol. The van der Waals surface area contributed by atoms with Crippen LogP contribution in [-0.2, 0) is 0 Å². The van der Waals surface area contributed by atoms with Gasteiger partial charge in [-0.3, -0.25) is 0 Å². The lowest BCUT2D eigenvalue weighted by atomic mass is 10.1. The average Bonchev–Trinajstić information content (AvgIpc) is 2.48. The lowest BCUT2D eigenvalue weighted by Gasteiger charge is -2.10. The van der Waals surface area contributed by atoms with Crippen LogP contribution in [0, 0.1) is 29.6 Å². The van der Waals surface area contributed by atoms with E-state index in [9.17, 15) is 0 Å². The van der Waals surface area contributed by atoms with Crippen LogP contribution >= 0.6 is 0 Å². The van der Waals surface area contributed by atoms with Crippen molar-refractivity contribution >= 4 is 5.82 Å². The summed E-state index contributed by atoms with van der Waals surface area (Å²) in [5.41, 5.74) is 2.67. The van der Waals surface area contributed by atoms with Crippen LogP contribution in [0.1, 0.15) is 23.9 Å². The van der Waals surface area contributed by atoms with E-state index in [-0.39, 0.29) is 11.4 Å². The van der Waals surface area contributed by atoms with E-state index in [1.54, 1.807) is 0 Å². The van der Waals surface area contributed by atoms with Crippen molar-refractivity contribution in [1.82, 2.24) is 9.97 Å². The summed E-state index contributed by atoms with van der Waals surface area (Å²) in [6.07, 6.45) is 0. The van der Waals surface area contributed by atoms with E-state index in [1.807, 2.05) is 50.3 Å². The second-order valence-electron chi connectivity index (χ2n) is 4.24. The van der Waals surface area contributed by atoms with Gasteiger partial charge in [0.15, 0.2) is 17.2 Å². The molecule has 0 aliphatic rings. The SMILES string of the molecule is CCNc1nc(C#N)c(C#N)nc1-c1ccc(C)cc1. The summed E-state index contributed by atoms with van der Waals surface area (Å²) in [5, 5.41) is 21.2. The largest absolute Gasteiger partial charge is 0.368 e. The number of aryl methyl sites for hydroxylation is 1. The molecule has 0 aliphatic carbocycles. The van der Waals surface area contributed by atoms with E-state index < -0.39 is 0 Å². The van der Waals surface area contributed by atoms with Crippen LogP contribution in [0.15, 0.2) is 24.3 Å². The van der Waals surface area contributed by atoms with E-state index in [4.69, 9.17) is 10.5 Å². The quantitative estimate of drug-likeness (QED) is 0.920. The average molecular weight is 263 g/mol. The van der Waals surface area contributed by atoms with E-state index in [2.05, 4.69) is 15.3 Å². The number of hydrogen-bond donors (Lipinski definition) is 1. The standard InChI is InChI=1S/C15H13N5/c1-3-18-15-14(11-6-4-10(2)5-7-11)19-12(8-16)13(9-17)20-15/h4-7H,3H2,1-2H3,(H,18,20). The lowest BCUT2D eigenvalue weighted by Crippen LogP contribution is -2.07. The molecule has 20 heavy (non-hydrogen) atoms. The van der Waals surface area contributed by atoms with Crippen LogP contribution in [-0.4, -0.2) is 16.5 Å². The molecule has 0 saturated carbocycles.